The summed E-state index contributed by atoms with van der Waals surface area (Å²) in [5.41, 5.74) is 9.75. The van der Waals surface area contributed by atoms with Gasteiger partial charge in [-0.05, 0) is 36.1 Å². The van der Waals surface area contributed by atoms with E-state index in [1.54, 1.807) is 40.6 Å². The SMILES string of the molecule is COC1=CC(OC)=C2c3c(OC)cc(OC)c4c3C(=C3c5cc(C)ccc5C(=O)C1C32)c1cc(C)ccc1C4=O. The molecule has 2 unspecified atom stereocenters. The number of hydrogen-bond acceptors (Lipinski definition) is 6. The molecule has 3 aromatic carbocycles. The molecule has 0 amide bonds. The third-order valence-corrected chi connectivity index (χ3v) is 8.67. The Bertz CT molecular complexity index is 1800. The molecule has 200 valence electrons. The average molecular weight is 533 g/mol. The molecule has 3 aromatic rings. The van der Waals surface area contributed by atoms with Crippen LogP contribution in [0.15, 0.2) is 60.1 Å². The fourth-order valence-electron chi connectivity index (χ4n) is 7.04. The van der Waals surface area contributed by atoms with Gasteiger partial charge in [-0.1, -0.05) is 47.5 Å². The van der Waals surface area contributed by atoms with E-state index in [4.69, 9.17) is 18.9 Å². The number of ketones is 2. The van der Waals surface area contributed by atoms with Crippen LogP contribution in [0.2, 0.25) is 0 Å². The third kappa shape index (κ3) is 2.93. The van der Waals surface area contributed by atoms with Crippen molar-refractivity contribution in [2.75, 3.05) is 28.4 Å². The summed E-state index contributed by atoms with van der Waals surface area (Å²) in [5.74, 6) is 1.01. The maximum absolute atomic E-state index is 14.2. The van der Waals surface area contributed by atoms with E-state index in [2.05, 4.69) is 12.1 Å². The minimum atomic E-state index is -0.592. The first kappa shape index (κ1) is 24.5. The van der Waals surface area contributed by atoms with Crippen LogP contribution in [0.25, 0.3) is 16.7 Å². The number of methoxy groups -OCH3 is 4. The van der Waals surface area contributed by atoms with Crippen LogP contribution in [0, 0.1) is 25.7 Å². The van der Waals surface area contributed by atoms with Crippen molar-refractivity contribution in [2.24, 2.45) is 11.8 Å². The zero-order chi connectivity index (χ0) is 28.0. The maximum atomic E-state index is 14.2. The first-order chi connectivity index (χ1) is 19.3. The number of rotatable bonds is 4. The van der Waals surface area contributed by atoms with Crippen LogP contribution in [0.1, 0.15) is 59.7 Å². The van der Waals surface area contributed by atoms with E-state index in [0.29, 0.717) is 39.7 Å². The highest BCUT2D eigenvalue weighted by Gasteiger charge is 2.53. The molecule has 0 spiro atoms. The summed E-state index contributed by atoms with van der Waals surface area (Å²) in [5, 5.41) is 0. The summed E-state index contributed by atoms with van der Waals surface area (Å²) in [4.78, 5) is 28.4. The van der Waals surface area contributed by atoms with E-state index in [1.165, 1.54) is 0 Å². The Hall–Kier alpha value is -4.58. The number of carbonyl (C=O) groups excluding carboxylic acids is 2. The molecular weight excluding hydrogens is 504 g/mol. The van der Waals surface area contributed by atoms with Crippen LogP contribution in [0.3, 0.4) is 0 Å². The van der Waals surface area contributed by atoms with Gasteiger partial charge in [0.15, 0.2) is 11.6 Å². The van der Waals surface area contributed by atoms with Gasteiger partial charge in [-0.15, -0.1) is 0 Å². The molecule has 0 saturated heterocycles. The lowest BCUT2D eigenvalue weighted by Gasteiger charge is -2.45. The number of fused-ring (bicyclic) bond motifs is 5. The molecule has 6 heteroatoms. The number of Topliss-reactive ketones (excluding diaryl/α,β-unsaturated/α-hetero) is 1. The van der Waals surface area contributed by atoms with E-state index >= 15 is 0 Å². The fraction of sp³-hybridized carbons (Fsp3) is 0.235. The average Bonchev–Trinajstić information content (AvgIpc) is 2.96. The van der Waals surface area contributed by atoms with Gasteiger partial charge in [0.1, 0.15) is 23.0 Å². The molecule has 0 heterocycles. The maximum Gasteiger partial charge on any atom is 0.198 e. The van der Waals surface area contributed by atoms with E-state index in [9.17, 15) is 9.59 Å². The van der Waals surface area contributed by atoms with Crippen LogP contribution >= 0.6 is 0 Å². The molecular formula is C34H28O6. The van der Waals surface area contributed by atoms with Gasteiger partial charge in [0, 0.05) is 45.9 Å². The van der Waals surface area contributed by atoms with Gasteiger partial charge in [0.05, 0.1) is 39.9 Å². The summed E-state index contributed by atoms with van der Waals surface area (Å²) in [6.45, 7) is 4.05. The number of carbonyl (C=O) groups is 2. The summed E-state index contributed by atoms with van der Waals surface area (Å²) >= 11 is 0. The van der Waals surface area contributed by atoms with Gasteiger partial charge in [0.2, 0.25) is 0 Å². The molecule has 4 aliphatic carbocycles. The molecule has 0 fully saturated rings. The summed E-state index contributed by atoms with van der Waals surface area (Å²) in [6, 6.07) is 13.6. The van der Waals surface area contributed by atoms with Gasteiger partial charge < -0.3 is 18.9 Å². The van der Waals surface area contributed by atoms with Crippen molar-refractivity contribution in [1.29, 1.82) is 0 Å². The Morgan fingerprint density at radius 1 is 0.600 bits per heavy atom. The van der Waals surface area contributed by atoms with Crippen LogP contribution < -0.4 is 9.47 Å². The summed E-state index contributed by atoms with van der Waals surface area (Å²) in [6.07, 6.45) is 1.80. The summed E-state index contributed by atoms with van der Waals surface area (Å²) < 4.78 is 23.6. The highest BCUT2D eigenvalue weighted by molar-refractivity contribution is 6.28. The van der Waals surface area contributed by atoms with Crippen molar-refractivity contribution in [3.05, 3.63) is 110 Å². The molecule has 40 heavy (non-hydrogen) atoms. The Labute approximate surface area is 232 Å². The highest BCUT2D eigenvalue weighted by Crippen LogP contribution is 2.63. The lowest BCUT2D eigenvalue weighted by Crippen LogP contribution is -2.39. The molecule has 2 atom stereocenters. The monoisotopic (exact) mass is 532 g/mol. The van der Waals surface area contributed by atoms with Crippen molar-refractivity contribution in [3.63, 3.8) is 0 Å². The van der Waals surface area contributed by atoms with Crippen LogP contribution in [0.5, 0.6) is 11.5 Å². The molecule has 0 radical (unpaired) electrons. The number of benzene rings is 3. The molecule has 0 aliphatic heterocycles. The van der Waals surface area contributed by atoms with E-state index < -0.39 is 11.8 Å². The predicted octanol–water partition coefficient (Wildman–Crippen LogP) is 6.17. The van der Waals surface area contributed by atoms with Crippen LogP contribution in [-0.2, 0) is 9.47 Å². The van der Waals surface area contributed by atoms with Crippen molar-refractivity contribution >= 4 is 28.3 Å². The fourth-order valence-corrected chi connectivity index (χ4v) is 7.04. The van der Waals surface area contributed by atoms with Crippen LogP contribution in [-0.4, -0.2) is 40.0 Å². The lowest BCUT2D eigenvalue weighted by molar-refractivity contribution is 0.0868. The lowest BCUT2D eigenvalue weighted by atomic mass is 9.57. The second kappa shape index (κ2) is 8.46. The molecule has 0 N–H and O–H groups in total. The van der Waals surface area contributed by atoms with Crippen LogP contribution in [0.4, 0.5) is 0 Å². The van der Waals surface area contributed by atoms with Crippen molar-refractivity contribution < 1.29 is 28.5 Å². The number of hydrogen-bond donors (Lipinski definition) is 0. The van der Waals surface area contributed by atoms with Gasteiger partial charge >= 0.3 is 0 Å². The molecule has 4 aliphatic rings. The largest absolute Gasteiger partial charge is 0.500 e. The van der Waals surface area contributed by atoms with Crippen molar-refractivity contribution in [2.45, 2.75) is 13.8 Å². The Balaban J connectivity index is 1.79. The van der Waals surface area contributed by atoms with Gasteiger partial charge in [0.25, 0.3) is 0 Å². The van der Waals surface area contributed by atoms with Crippen molar-refractivity contribution in [3.8, 4) is 11.5 Å². The number of allylic oxidation sites excluding steroid dienone is 4. The molecule has 0 bridgehead atoms. The third-order valence-electron chi connectivity index (χ3n) is 8.67. The topological polar surface area (TPSA) is 71.1 Å². The van der Waals surface area contributed by atoms with Gasteiger partial charge in [-0.2, -0.15) is 0 Å². The zero-order valence-corrected chi connectivity index (χ0v) is 23.2. The first-order valence-electron chi connectivity index (χ1n) is 13.2. The number of aryl methyl sites for hydroxylation is 2. The Morgan fingerprint density at radius 2 is 1.25 bits per heavy atom. The van der Waals surface area contributed by atoms with Gasteiger partial charge in [-0.3, -0.25) is 9.59 Å². The van der Waals surface area contributed by atoms with Gasteiger partial charge in [-0.25, -0.2) is 0 Å². The minimum absolute atomic E-state index is 0.00222. The second-order valence-electron chi connectivity index (χ2n) is 10.7. The Morgan fingerprint density at radius 3 is 1.90 bits per heavy atom. The smallest absolute Gasteiger partial charge is 0.198 e. The molecule has 0 aromatic heterocycles. The summed E-state index contributed by atoms with van der Waals surface area (Å²) in [7, 11) is 6.37. The minimum Gasteiger partial charge on any atom is -0.500 e. The molecule has 0 saturated carbocycles. The number of ether oxygens (including phenoxy) is 4. The predicted molar refractivity (Wildman–Crippen MR) is 152 cm³/mol. The standard InChI is InChI=1S/C34H28O6/c1-15-7-9-17-19(11-15)25-26-20-12-16(2)8-10-18(20)34(36)30-24(40-6)14-22(38-4)28(32(26)30)27-21(37-3)13-23(39-5)29(31(25)27)33(17)35/h7-14,29,31H,1-6H3. The van der Waals surface area contributed by atoms with Crippen molar-refractivity contribution in [1.82, 2.24) is 0 Å². The zero-order valence-electron chi connectivity index (χ0n) is 23.2. The molecule has 7 rings (SSSR count). The molecule has 6 nitrogen and oxygen atoms in total. The highest BCUT2D eigenvalue weighted by atomic mass is 16.5. The first-order valence-corrected chi connectivity index (χ1v) is 13.2. The van der Waals surface area contributed by atoms with E-state index in [1.807, 2.05) is 38.1 Å². The normalized spacial score (nSPS) is 19.8. The quantitative estimate of drug-likeness (QED) is 0.313. The van der Waals surface area contributed by atoms with E-state index in [0.717, 1.165) is 50.1 Å². The second-order valence-corrected chi connectivity index (χ2v) is 10.7. The Kier molecular flexibility index (Phi) is 5.17. The van der Waals surface area contributed by atoms with E-state index in [-0.39, 0.29) is 11.6 Å².